The molecule has 5 heteroatoms. The van der Waals surface area contributed by atoms with Crippen molar-refractivity contribution in [2.24, 2.45) is 0 Å². The summed E-state index contributed by atoms with van der Waals surface area (Å²) >= 11 is 0. The van der Waals surface area contributed by atoms with Crippen LogP contribution in [0.4, 0.5) is 0 Å². The number of hydrogen-bond donors (Lipinski definition) is 1. The molecule has 22 heavy (non-hydrogen) atoms. The number of ether oxygens (including phenoxy) is 1. The van der Waals surface area contributed by atoms with E-state index in [-0.39, 0.29) is 11.2 Å². The predicted molar refractivity (Wildman–Crippen MR) is 84.7 cm³/mol. The molecule has 0 atom stereocenters. The van der Waals surface area contributed by atoms with Gasteiger partial charge in [-0.1, -0.05) is 12.1 Å². The number of H-pyrrole nitrogens is 1. The average Bonchev–Trinajstić information content (AvgIpc) is 2.55. The molecule has 3 rings (SSSR count). The van der Waals surface area contributed by atoms with E-state index in [1.165, 1.54) is 0 Å². The molecule has 0 saturated carbocycles. The lowest BCUT2D eigenvalue weighted by Crippen LogP contribution is -2.37. The molecule has 1 aromatic heterocycles. The van der Waals surface area contributed by atoms with Crippen LogP contribution in [0.1, 0.15) is 29.7 Å². The lowest BCUT2D eigenvalue weighted by Gasteiger charge is -2.19. The topological polar surface area (TPSA) is 64.1 Å². The van der Waals surface area contributed by atoms with E-state index in [0.29, 0.717) is 6.54 Å². The summed E-state index contributed by atoms with van der Waals surface area (Å²) in [5.74, 6) is 0.822. The molecule has 0 saturated heterocycles. The number of benzene rings is 1. The quantitative estimate of drug-likeness (QED) is 0.934. The summed E-state index contributed by atoms with van der Waals surface area (Å²) in [7, 11) is 1.64. The predicted octanol–water partition coefficient (Wildman–Crippen LogP) is 1.67. The largest absolute Gasteiger partial charge is 0.497 e. The van der Waals surface area contributed by atoms with Crippen molar-refractivity contribution in [3.63, 3.8) is 0 Å². The number of nitrogens with one attached hydrogen (secondary N) is 1. The zero-order valence-electron chi connectivity index (χ0n) is 12.7. The first-order chi connectivity index (χ1) is 10.7. The van der Waals surface area contributed by atoms with Gasteiger partial charge in [-0.05, 0) is 49.8 Å². The highest BCUT2D eigenvalue weighted by Gasteiger charge is 2.17. The fraction of sp³-hybridized carbons (Fsp3) is 0.412. The number of methoxy groups -OCH3 is 1. The van der Waals surface area contributed by atoms with Crippen molar-refractivity contribution in [2.45, 2.75) is 38.6 Å². The van der Waals surface area contributed by atoms with Crippen LogP contribution < -0.4 is 16.0 Å². The Kier molecular flexibility index (Phi) is 4.13. The molecule has 0 amide bonds. The highest BCUT2D eigenvalue weighted by molar-refractivity contribution is 5.27. The fourth-order valence-electron chi connectivity index (χ4n) is 3.06. The van der Waals surface area contributed by atoms with Crippen molar-refractivity contribution < 1.29 is 4.74 Å². The molecular formula is C17H20N2O3. The van der Waals surface area contributed by atoms with Crippen molar-refractivity contribution in [1.29, 1.82) is 0 Å². The molecule has 0 spiro atoms. The fourth-order valence-corrected chi connectivity index (χ4v) is 3.06. The van der Waals surface area contributed by atoms with Gasteiger partial charge in [0.15, 0.2) is 0 Å². The zero-order valence-corrected chi connectivity index (χ0v) is 12.7. The van der Waals surface area contributed by atoms with E-state index in [9.17, 15) is 9.59 Å². The average molecular weight is 300 g/mol. The van der Waals surface area contributed by atoms with Crippen LogP contribution in [-0.4, -0.2) is 16.7 Å². The van der Waals surface area contributed by atoms with Crippen molar-refractivity contribution in [3.05, 3.63) is 61.9 Å². The Morgan fingerprint density at radius 1 is 1.14 bits per heavy atom. The van der Waals surface area contributed by atoms with Gasteiger partial charge in [0.1, 0.15) is 5.75 Å². The first-order valence-electron chi connectivity index (χ1n) is 7.67. The minimum atomic E-state index is -0.292. The van der Waals surface area contributed by atoms with Gasteiger partial charge >= 0.3 is 5.69 Å². The molecule has 0 aliphatic heterocycles. The maximum atomic E-state index is 12.1. The van der Waals surface area contributed by atoms with Crippen LogP contribution in [0.25, 0.3) is 0 Å². The highest BCUT2D eigenvalue weighted by atomic mass is 16.5. The van der Waals surface area contributed by atoms with Crippen LogP contribution in [0.15, 0.2) is 33.9 Å². The second kappa shape index (κ2) is 6.22. The number of nitrogens with zero attached hydrogens (tertiary/aromatic N) is 1. The monoisotopic (exact) mass is 300 g/mol. The van der Waals surface area contributed by atoms with Gasteiger partial charge < -0.3 is 4.74 Å². The van der Waals surface area contributed by atoms with Crippen LogP contribution in [0.2, 0.25) is 0 Å². The van der Waals surface area contributed by atoms with E-state index >= 15 is 0 Å². The molecule has 1 aromatic carbocycles. The van der Waals surface area contributed by atoms with Crippen molar-refractivity contribution in [1.82, 2.24) is 9.55 Å². The van der Waals surface area contributed by atoms with Crippen molar-refractivity contribution in [3.8, 4) is 5.75 Å². The molecule has 1 aliphatic carbocycles. The first-order valence-corrected chi connectivity index (χ1v) is 7.67. The Morgan fingerprint density at radius 2 is 1.86 bits per heavy atom. The summed E-state index contributed by atoms with van der Waals surface area (Å²) in [5.41, 5.74) is 2.36. The Balaban J connectivity index is 1.85. The van der Waals surface area contributed by atoms with Crippen LogP contribution in [0.5, 0.6) is 5.75 Å². The second-order valence-corrected chi connectivity index (χ2v) is 5.64. The number of aromatic nitrogens is 2. The van der Waals surface area contributed by atoms with E-state index in [0.717, 1.165) is 54.7 Å². The standard InChI is InChI=1S/C17H20N2O3/c1-22-13-8-6-12(7-9-13)10-11-19-15-5-3-2-4-14(15)16(20)18-17(19)21/h6-9H,2-5,10-11H2,1H3,(H,18,20,21). The van der Waals surface area contributed by atoms with Crippen molar-refractivity contribution >= 4 is 0 Å². The van der Waals surface area contributed by atoms with Crippen LogP contribution in [-0.2, 0) is 25.8 Å². The SMILES string of the molecule is COc1ccc(CCn2c3c(c(=O)[nH]c2=O)CCCC3)cc1. The zero-order chi connectivity index (χ0) is 15.5. The Morgan fingerprint density at radius 3 is 2.59 bits per heavy atom. The molecule has 5 nitrogen and oxygen atoms in total. The Labute approximate surface area is 128 Å². The van der Waals surface area contributed by atoms with Gasteiger partial charge in [0.2, 0.25) is 0 Å². The lowest BCUT2D eigenvalue weighted by atomic mass is 9.96. The van der Waals surface area contributed by atoms with Crippen LogP contribution in [0, 0.1) is 0 Å². The molecule has 2 aromatic rings. The lowest BCUT2D eigenvalue weighted by molar-refractivity contribution is 0.414. The first kappa shape index (κ1) is 14.6. The van der Waals surface area contributed by atoms with Crippen LogP contribution in [0.3, 0.4) is 0 Å². The number of aromatic amines is 1. The third kappa shape index (κ3) is 2.84. The molecule has 0 unspecified atom stereocenters. The highest BCUT2D eigenvalue weighted by Crippen LogP contribution is 2.17. The van der Waals surface area contributed by atoms with Crippen LogP contribution >= 0.6 is 0 Å². The van der Waals surface area contributed by atoms with E-state index in [1.807, 2.05) is 24.3 Å². The summed E-state index contributed by atoms with van der Waals surface area (Å²) in [5, 5.41) is 0. The number of rotatable bonds is 4. The molecule has 0 radical (unpaired) electrons. The number of hydrogen-bond acceptors (Lipinski definition) is 3. The van der Waals surface area contributed by atoms with E-state index in [1.54, 1.807) is 11.7 Å². The molecule has 116 valence electrons. The number of fused-ring (bicyclic) bond motifs is 1. The van der Waals surface area contributed by atoms with Gasteiger partial charge in [0.25, 0.3) is 5.56 Å². The Bertz CT molecular complexity index is 772. The van der Waals surface area contributed by atoms with Gasteiger partial charge in [0, 0.05) is 17.8 Å². The smallest absolute Gasteiger partial charge is 0.328 e. The molecule has 0 fully saturated rings. The minimum Gasteiger partial charge on any atom is -0.497 e. The molecular weight excluding hydrogens is 280 g/mol. The van der Waals surface area contributed by atoms with E-state index in [2.05, 4.69) is 4.98 Å². The number of aryl methyl sites for hydroxylation is 1. The van der Waals surface area contributed by atoms with E-state index in [4.69, 9.17) is 4.74 Å². The van der Waals surface area contributed by atoms with E-state index < -0.39 is 0 Å². The molecule has 1 N–H and O–H groups in total. The Hall–Kier alpha value is -2.30. The minimum absolute atomic E-state index is 0.208. The maximum absolute atomic E-state index is 12.1. The normalized spacial score (nSPS) is 13.7. The summed E-state index contributed by atoms with van der Waals surface area (Å²) in [6, 6.07) is 7.84. The van der Waals surface area contributed by atoms with Gasteiger partial charge in [-0.2, -0.15) is 0 Å². The summed E-state index contributed by atoms with van der Waals surface area (Å²) < 4.78 is 6.88. The summed E-state index contributed by atoms with van der Waals surface area (Å²) in [6.45, 7) is 0.588. The van der Waals surface area contributed by atoms with Gasteiger partial charge in [-0.15, -0.1) is 0 Å². The van der Waals surface area contributed by atoms with Gasteiger partial charge in [0.05, 0.1) is 7.11 Å². The summed E-state index contributed by atoms with van der Waals surface area (Å²) in [6.07, 6.45) is 4.40. The maximum Gasteiger partial charge on any atom is 0.328 e. The molecule has 0 bridgehead atoms. The molecule has 1 aliphatic rings. The molecule has 1 heterocycles. The van der Waals surface area contributed by atoms with Crippen molar-refractivity contribution in [2.75, 3.05) is 7.11 Å². The van der Waals surface area contributed by atoms with Gasteiger partial charge in [-0.3, -0.25) is 14.3 Å². The summed E-state index contributed by atoms with van der Waals surface area (Å²) in [4.78, 5) is 26.5. The second-order valence-electron chi connectivity index (χ2n) is 5.64. The van der Waals surface area contributed by atoms with Gasteiger partial charge in [-0.25, -0.2) is 4.79 Å². The third-order valence-electron chi connectivity index (χ3n) is 4.29. The third-order valence-corrected chi connectivity index (χ3v) is 4.29.